The summed E-state index contributed by atoms with van der Waals surface area (Å²) in [7, 11) is 1.87. The Morgan fingerprint density at radius 3 is 2.76 bits per heavy atom. The molecule has 180 valence electrons. The Balaban J connectivity index is 1.61. The van der Waals surface area contributed by atoms with Crippen LogP contribution in [0.2, 0.25) is 0 Å². The first-order valence-electron chi connectivity index (χ1n) is 11.5. The fraction of sp³-hybridized carbons (Fsp3) is 0.542. The molecule has 0 bridgehead atoms. The summed E-state index contributed by atoms with van der Waals surface area (Å²) in [5.74, 6) is 0.0459. The number of likely N-dealkylation sites (N-methyl/N-ethyl adjacent to an activating group) is 1. The van der Waals surface area contributed by atoms with Crippen molar-refractivity contribution >= 4 is 38.8 Å². The highest BCUT2D eigenvalue weighted by molar-refractivity contribution is 8.27. The average molecular weight is 475 g/mol. The van der Waals surface area contributed by atoms with Crippen LogP contribution >= 0.6 is 11.8 Å². The molecular formula is C24H35FN6OS. The van der Waals surface area contributed by atoms with Gasteiger partial charge in [0.25, 0.3) is 5.91 Å². The van der Waals surface area contributed by atoms with Gasteiger partial charge in [-0.25, -0.2) is 4.39 Å². The third kappa shape index (κ3) is 6.80. The van der Waals surface area contributed by atoms with E-state index in [2.05, 4.69) is 30.2 Å². The molecule has 4 N–H and O–H groups in total. The van der Waals surface area contributed by atoms with Crippen molar-refractivity contribution in [1.29, 1.82) is 10.8 Å². The van der Waals surface area contributed by atoms with Crippen LogP contribution in [0.3, 0.4) is 0 Å². The van der Waals surface area contributed by atoms with Crippen LogP contribution in [-0.4, -0.2) is 76.3 Å². The van der Waals surface area contributed by atoms with Crippen LogP contribution in [0.4, 0.5) is 4.39 Å². The van der Waals surface area contributed by atoms with Gasteiger partial charge in [-0.15, -0.1) is 0 Å². The first-order valence-corrected chi connectivity index (χ1v) is 12.3. The Morgan fingerprint density at radius 1 is 1.27 bits per heavy atom. The van der Waals surface area contributed by atoms with E-state index in [-0.39, 0.29) is 22.3 Å². The van der Waals surface area contributed by atoms with E-state index in [0.29, 0.717) is 32.0 Å². The Hall–Kier alpha value is -2.39. The van der Waals surface area contributed by atoms with Crippen molar-refractivity contribution in [3.05, 3.63) is 36.0 Å². The summed E-state index contributed by atoms with van der Waals surface area (Å²) in [6.45, 7) is 5.47. The third-order valence-corrected chi connectivity index (χ3v) is 7.06. The molecule has 0 radical (unpaired) electrons. The van der Waals surface area contributed by atoms with Crippen molar-refractivity contribution in [2.75, 3.05) is 33.4 Å². The normalized spacial score (nSPS) is 18.0. The second-order valence-electron chi connectivity index (χ2n) is 9.18. The predicted molar refractivity (Wildman–Crippen MR) is 135 cm³/mol. The molecule has 3 rings (SSSR count). The molecule has 33 heavy (non-hydrogen) atoms. The maximum atomic E-state index is 13.2. The van der Waals surface area contributed by atoms with Crippen LogP contribution in [0.15, 0.2) is 30.5 Å². The maximum absolute atomic E-state index is 13.2. The summed E-state index contributed by atoms with van der Waals surface area (Å²) in [6, 6.07) is 7.73. The fourth-order valence-electron chi connectivity index (χ4n) is 4.08. The fourth-order valence-corrected chi connectivity index (χ4v) is 4.72. The number of para-hydroxylation sites is 1. The number of fused-ring (bicyclic) bond motifs is 1. The summed E-state index contributed by atoms with van der Waals surface area (Å²) in [6.07, 6.45) is 4.45. The topological polar surface area (TPSA) is 99.1 Å². The molecule has 1 aromatic heterocycles. The standard InChI is InChI=1S/C24H35FN6OS/c1-16(2)8-9-18(12-17-14-28-21-7-5-4-6-20(17)21)29-23(32)22(26)33-24(27)31-11-10-30(3)19(13-25)15-31/h4-7,14,16,18-19,26-28H,8-13,15H2,1-3H3,(H,29,32). The Bertz CT molecular complexity index is 977. The third-order valence-electron chi connectivity index (χ3n) is 6.22. The SMILES string of the molecule is CC(C)CCC(Cc1c[nH]c2ccccc12)NC(=O)C(=N)SC(=N)N1CCN(C)C(CF)C1. The van der Waals surface area contributed by atoms with Crippen molar-refractivity contribution in [2.24, 2.45) is 5.92 Å². The highest BCUT2D eigenvalue weighted by Gasteiger charge is 2.28. The number of alkyl halides is 1. The summed E-state index contributed by atoms with van der Waals surface area (Å²) in [4.78, 5) is 19.8. The molecule has 2 unspecified atom stereocenters. The Kier molecular flexibility index (Phi) is 8.91. The lowest BCUT2D eigenvalue weighted by Gasteiger charge is -2.38. The van der Waals surface area contributed by atoms with E-state index >= 15 is 0 Å². The second kappa shape index (κ2) is 11.7. The lowest BCUT2D eigenvalue weighted by atomic mass is 9.97. The quantitative estimate of drug-likeness (QED) is 0.362. The highest BCUT2D eigenvalue weighted by atomic mass is 32.2. The van der Waals surface area contributed by atoms with E-state index in [9.17, 15) is 9.18 Å². The summed E-state index contributed by atoms with van der Waals surface area (Å²) >= 11 is 0.838. The number of nitrogens with one attached hydrogen (secondary N) is 4. The number of nitrogens with zero attached hydrogens (tertiary/aromatic N) is 2. The molecule has 0 saturated carbocycles. The molecule has 2 aromatic rings. The molecule has 7 nitrogen and oxygen atoms in total. The van der Waals surface area contributed by atoms with Gasteiger partial charge in [0.2, 0.25) is 0 Å². The van der Waals surface area contributed by atoms with Crippen LogP contribution in [0.1, 0.15) is 32.3 Å². The number of halogens is 1. The Labute approximate surface area is 199 Å². The van der Waals surface area contributed by atoms with Gasteiger partial charge in [0.1, 0.15) is 6.67 Å². The van der Waals surface area contributed by atoms with E-state index in [0.717, 1.165) is 41.1 Å². The molecule has 1 fully saturated rings. The van der Waals surface area contributed by atoms with Gasteiger partial charge in [0.05, 0.1) is 6.04 Å². The van der Waals surface area contributed by atoms with E-state index in [1.807, 2.05) is 36.3 Å². The smallest absolute Gasteiger partial charge is 0.276 e. The largest absolute Gasteiger partial charge is 0.361 e. The molecule has 1 aliphatic rings. The van der Waals surface area contributed by atoms with E-state index in [4.69, 9.17) is 10.8 Å². The number of benzene rings is 1. The number of aromatic amines is 1. The zero-order valence-electron chi connectivity index (χ0n) is 19.7. The minimum absolute atomic E-state index is 0.103. The van der Waals surface area contributed by atoms with E-state index in [1.54, 1.807) is 4.90 Å². The number of amidine groups is 1. The van der Waals surface area contributed by atoms with Gasteiger partial charge in [-0.1, -0.05) is 32.0 Å². The summed E-state index contributed by atoms with van der Waals surface area (Å²) < 4.78 is 13.2. The van der Waals surface area contributed by atoms with Crippen LogP contribution in [0.25, 0.3) is 10.9 Å². The van der Waals surface area contributed by atoms with E-state index < -0.39 is 12.6 Å². The molecule has 0 spiro atoms. The molecule has 1 saturated heterocycles. The minimum Gasteiger partial charge on any atom is -0.361 e. The van der Waals surface area contributed by atoms with Gasteiger partial charge in [-0.3, -0.25) is 20.5 Å². The van der Waals surface area contributed by atoms with Gasteiger partial charge in [0.15, 0.2) is 10.2 Å². The van der Waals surface area contributed by atoms with Crippen LogP contribution in [0.5, 0.6) is 0 Å². The first kappa shape index (κ1) is 25.2. The zero-order chi connectivity index (χ0) is 24.0. The number of hydrogen-bond donors (Lipinski definition) is 4. The van der Waals surface area contributed by atoms with Gasteiger partial charge >= 0.3 is 0 Å². The van der Waals surface area contributed by atoms with Crippen LogP contribution in [0, 0.1) is 16.7 Å². The lowest BCUT2D eigenvalue weighted by molar-refractivity contribution is -0.115. The van der Waals surface area contributed by atoms with Crippen molar-refractivity contribution < 1.29 is 9.18 Å². The van der Waals surface area contributed by atoms with Gasteiger partial charge in [-0.2, -0.15) is 0 Å². The maximum Gasteiger partial charge on any atom is 0.276 e. The predicted octanol–water partition coefficient (Wildman–Crippen LogP) is 3.86. The van der Waals surface area contributed by atoms with Crippen LogP contribution < -0.4 is 5.32 Å². The van der Waals surface area contributed by atoms with Gasteiger partial charge < -0.3 is 15.2 Å². The monoisotopic (exact) mass is 474 g/mol. The molecule has 2 atom stereocenters. The minimum atomic E-state index is -0.478. The molecule has 1 aromatic carbocycles. The van der Waals surface area contributed by atoms with E-state index in [1.165, 1.54) is 0 Å². The number of hydrogen-bond acceptors (Lipinski definition) is 5. The summed E-state index contributed by atoms with van der Waals surface area (Å²) in [5.41, 5.74) is 2.21. The number of piperazine rings is 1. The van der Waals surface area contributed by atoms with Crippen molar-refractivity contribution in [3.63, 3.8) is 0 Å². The average Bonchev–Trinajstić information content (AvgIpc) is 3.20. The first-order chi connectivity index (χ1) is 15.8. The Morgan fingerprint density at radius 2 is 2.03 bits per heavy atom. The molecule has 1 amide bonds. The van der Waals surface area contributed by atoms with Gasteiger partial charge in [0, 0.05) is 42.8 Å². The van der Waals surface area contributed by atoms with Crippen molar-refractivity contribution in [3.8, 4) is 0 Å². The lowest BCUT2D eigenvalue weighted by Crippen LogP contribution is -2.53. The van der Waals surface area contributed by atoms with Crippen molar-refractivity contribution in [2.45, 2.75) is 45.2 Å². The van der Waals surface area contributed by atoms with Crippen molar-refractivity contribution in [1.82, 2.24) is 20.1 Å². The number of rotatable bonds is 7. The second-order valence-corrected chi connectivity index (χ2v) is 10.2. The molecule has 0 aliphatic carbocycles. The number of thioether (sulfide) groups is 1. The van der Waals surface area contributed by atoms with Crippen LogP contribution in [-0.2, 0) is 11.2 Å². The number of H-pyrrole nitrogens is 1. The molecule has 1 aliphatic heterocycles. The molecule has 9 heteroatoms. The number of carbonyl (C=O) groups excluding carboxylic acids is 1. The number of carbonyl (C=O) groups is 1. The number of aromatic nitrogens is 1. The molecule has 2 heterocycles. The highest BCUT2D eigenvalue weighted by Crippen LogP contribution is 2.21. The number of amides is 1. The molecular weight excluding hydrogens is 439 g/mol. The summed E-state index contributed by atoms with van der Waals surface area (Å²) in [5, 5.41) is 20.7. The van der Waals surface area contributed by atoms with Gasteiger partial charge in [-0.05, 0) is 55.6 Å². The zero-order valence-corrected chi connectivity index (χ0v) is 20.5.